The van der Waals surface area contributed by atoms with Crippen molar-refractivity contribution in [3.8, 4) is 5.06 Å². The van der Waals surface area contributed by atoms with Crippen LogP contribution < -0.4 is 4.74 Å². The molecule has 0 aliphatic heterocycles. The molecule has 0 radical (unpaired) electrons. The van der Waals surface area contributed by atoms with Crippen molar-refractivity contribution in [2.45, 2.75) is 13.8 Å². The average Bonchev–Trinajstić information content (AvgIpc) is 2.35. The van der Waals surface area contributed by atoms with E-state index in [0.717, 1.165) is 5.56 Å². The van der Waals surface area contributed by atoms with Crippen LogP contribution in [-0.2, 0) is 4.79 Å². The maximum atomic E-state index is 11.0. The monoisotopic (exact) mass is 182 g/mol. The highest BCUT2D eigenvalue weighted by Crippen LogP contribution is 2.22. The molecule has 0 bridgehead atoms. The van der Waals surface area contributed by atoms with Crippen molar-refractivity contribution in [3.63, 3.8) is 0 Å². The third-order valence-electron chi connectivity index (χ3n) is 1.25. The van der Waals surface area contributed by atoms with E-state index in [1.54, 1.807) is 6.92 Å². The molecule has 0 atom stereocenters. The van der Waals surface area contributed by atoms with Crippen LogP contribution in [0.25, 0.3) is 0 Å². The number of carbonyl (C=O) groups is 1. The minimum absolute atomic E-state index is 0.364. The maximum Gasteiger partial charge on any atom is 0.339 e. The standard InChI is InChI=1S/C9H10O2S/c1-6(2)9(10)11-8-4-7(3)5-12-8/h4-5H,1H2,2-3H3. The van der Waals surface area contributed by atoms with Gasteiger partial charge < -0.3 is 4.74 Å². The van der Waals surface area contributed by atoms with E-state index in [1.165, 1.54) is 11.3 Å². The lowest BCUT2D eigenvalue weighted by molar-refractivity contribution is -0.129. The molecule has 0 fully saturated rings. The van der Waals surface area contributed by atoms with Gasteiger partial charge in [-0.05, 0) is 30.9 Å². The lowest BCUT2D eigenvalue weighted by Gasteiger charge is -1.98. The third-order valence-corrected chi connectivity index (χ3v) is 2.17. The summed E-state index contributed by atoms with van der Waals surface area (Å²) in [6.45, 7) is 7.07. The number of aryl methyl sites for hydroxylation is 1. The Morgan fingerprint density at radius 3 is 2.75 bits per heavy atom. The molecule has 0 unspecified atom stereocenters. The zero-order valence-electron chi connectivity index (χ0n) is 7.09. The highest BCUT2D eigenvalue weighted by atomic mass is 32.1. The van der Waals surface area contributed by atoms with Crippen LogP contribution in [0, 0.1) is 6.92 Å². The highest BCUT2D eigenvalue weighted by Gasteiger charge is 2.05. The molecular weight excluding hydrogens is 172 g/mol. The number of hydrogen-bond acceptors (Lipinski definition) is 3. The van der Waals surface area contributed by atoms with Gasteiger partial charge in [0.05, 0.1) is 0 Å². The van der Waals surface area contributed by atoms with Gasteiger partial charge in [0.15, 0.2) is 5.06 Å². The Kier molecular flexibility index (Phi) is 2.65. The SMILES string of the molecule is C=C(C)C(=O)Oc1cc(C)cs1. The molecule has 0 saturated heterocycles. The molecule has 0 aromatic carbocycles. The fraction of sp³-hybridized carbons (Fsp3) is 0.222. The first-order valence-electron chi connectivity index (χ1n) is 3.52. The molecule has 0 aliphatic rings. The van der Waals surface area contributed by atoms with E-state index in [-0.39, 0.29) is 5.97 Å². The van der Waals surface area contributed by atoms with E-state index >= 15 is 0 Å². The Bertz CT molecular complexity index is 312. The topological polar surface area (TPSA) is 26.3 Å². The predicted octanol–water partition coefficient (Wildman–Crippen LogP) is 2.54. The highest BCUT2D eigenvalue weighted by molar-refractivity contribution is 7.12. The summed E-state index contributed by atoms with van der Waals surface area (Å²) in [5, 5.41) is 2.56. The van der Waals surface area contributed by atoms with E-state index < -0.39 is 0 Å². The van der Waals surface area contributed by atoms with E-state index in [0.29, 0.717) is 10.6 Å². The Balaban J connectivity index is 2.64. The molecule has 1 rings (SSSR count). The number of thiophene rings is 1. The molecule has 0 saturated carbocycles. The zero-order valence-corrected chi connectivity index (χ0v) is 7.90. The number of esters is 1. The molecule has 3 heteroatoms. The molecule has 0 spiro atoms. The Hall–Kier alpha value is -1.09. The summed E-state index contributed by atoms with van der Waals surface area (Å²) in [4.78, 5) is 11.0. The van der Waals surface area contributed by atoms with Gasteiger partial charge in [-0.1, -0.05) is 6.58 Å². The molecule has 2 nitrogen and oxygen atoms in total. The van der Waals surface area contributed by atoms with Crippen molar-refractivity contribution in [2.75, 3.05) is 0 Å². The Morgan fingerprint density at radius 2 is 2.33 bits per heavy atom. The van der Waals surface area contributed by atoms with Gasteiger partial charge in [-0.3, -0.25) is 0 Å². The van der Waals surface area contributed by atoms with Gasteiger partial charge in [0.25, 0.3) is 0 Å². The minimum Gasteiger partial charge on any atom is -0.412 e. The second-order valence-corrected chi connectivity index (χ2v) is 3.49. The smallest absolute Gasteiger partial charge is 0.339 e. The molecule has 1 heterocycles. The lowest BCUT2D eigenvalue weighted by Crippen LogP contribution is -2.06. The Morgan fingerprint density at radius 1 is 1.67 bits per heavy atom. The molecule has 64 valence electrons. The van der Waals surface area contributed by atoms with Crippen LogP contribution in [-0.4, -0.2) is 5.97 Å². The number of carbonyl (C=O) groups excluding carboxylic acids is 1. The number of ether oxygens (including phenoxy) is 1. The van der Waals surface area contributed by atoms with E-state index in [4.69, 9.17) is 4.74 Å². The minimum atomic E-state index is -0.364. The van der Waals surface area contributed by atoms with Crippen LogP contribution >= 0.6 is 11.3 Å². The fourth-order valence-electron chi connectivity index (χ4n) is 0.637. The summed E-state index contributed by atoms with van der Waals surface area (Å²) >= 11 is 1.41. The van der Waals surface area contributed by atoms with Crippen molar-refractivity contribution in [3.05, 3.63) is 29.2 Å². The first-order valence-corrected chi connectivity index (χ1v) is 4.40. The normalized spacial score (nSPS) is 9.50. The average molecular weight is 182 g/mol. The molecule has 1 aromatic heterocycles. The van der Waals surface area contributed by atoms with Crippen LogP contribution in [0.1, 0.15) is 12.5 Å². The van der Waals surface area contributed by atoms with Crippen molar-refractivity contribution in [1.29, 1.82) is 0 Å². The van der Waals surface area contributed by atoms with Gasteiger partial charge >= 0.3 is 5.97 Å². The van der Waals surface area contributed by atoms with Gasteiger partial charge in [0.1, 0.15) is 0 Å². The first kappa shape index (κ1) is 9.00. The lowest BCUT2D eigenvalue weighted by atomic mass is 10.4. The van der Waals surface area contributed by atoms with E-state index in [1.807, 2.05) is 18.4 Å². The predicted molar refractivity (Wildman–Crippen MR) is 49.5 cm³/mol. The summed E-state index contributed by atoms with van der Waals surface area (Å²) in [6, 6.07) is 1.82. The van der Waals surface area contributed by atoms with Crippen LogP contribution in [0.4, 0.5) is 0 Å². The van der Waals surface area contributed by atoms with Gasteiger partial charge in [0, 0.05) is 5.57 Å². The van der Waals surface area contributed by atoms with Crippen LogP contribution in [0.15, 0.2) is 23.6 Å². The van der Waals surface area contributed by atoms with Crippen LogP contribution in [0.3, 0.4) is 0 Å². The summed E-state index contributed by atoms with van der Waals surface area (Å²) in [6.07, 6.45) is 0. The fourth-order valence-corrected chi connectivity index (χ4v) is 1.38. The molecule has 12 heavy (non-hydrogen) atoms. The molecule has 0 N–H and O–H groups in total. The molecular formula is C9H10O2S. The second kappa shape index (κ2) is 3.54. The maximum absolute atomic E-state index is 11.0. The summed E-state index contributed by atoms with van der Waals surface area (Å²) in [7, 11) is 0. The summed E-state index contributed by atoms with van der Waals surface area (Å²) in [5.74, 6) is -0.364. The summed E-state index contributed by atoms with van der Waals surface area (Å²) < 4.78 is 4.98. The first-order chi connectivity index (χ1) is 5.59. The third kappa shape index (κ3) is 2.20. The van der Waals surface area contributed by atoms with Gasteiger partial charge in [-0.15, -0.1) is 11.3 Å². The second-order valence-electron chi connectivity index (χ2n) is 2.61. The largest absolute Gasteiger partial charge is 0.412 e. The summed E-state index contributed by atoms with van der Waals surface area (Å²) in [5.41, 5.74) is 1.52. The van der Waals surface area contributed by atoms with Crippen LogP contribution in [0.2, 0.25) is 0 Å². The van der Waals surface area contributed by atoms with Crippen molar-refractivity contribution >= 4 is 17.3 Å². The molecule has 0 aliphatic carbocycles. The van der Waals surface area contributed by atoms with Crippen LogP contribution in [0.5, 0.6) is 5.06 Å². The van der Waals surface area contributed by atoms with Crippen molar-refractivity contribution < 1.29 is 9.53 Å². The number of hydrogen-bond donors (Lipinski definition) is 0. The molecule has 1 aromatic rings. The zero-order chi connectivity index (χ0) is 9.14. The van der Waals surface area contributed by atoms with Gasteiger partial charge in [-0.2, -0.15) is 0 Å². The van der Waals surface area contributed by atoms with Gasteiger partial charge in [-0.25, -0.2) is 4.79 Å². The van der Waals surface area contributed by atoms with E-state index in [9.17, 15) is 4.79 Å². The number of rotatable bonds is 2. The quantitative estimate of drug-likeness (QED) is 0.519. The Labute approximate surface area is 75.5 Å². The van der Waals surface area contributed by atoms with E-state index in [2.05, 4.69) is 6.58 Å². The van der Waals surface area contributed by atoms with Gasteiger partial charge in [0.2, 0.25) is 0 Å². The molecule has 0 amide bonds. The van der Waals surface area contributed by atoms with Crippen molar-refractivity contribution in [2.24, 2.45) is 0 Å². The van der Waals surface area contributed by atoms with Crippen molar-refractivity contribution in [1.82, 2.24) is 0 Å².